The summed E-state index contributed by atoms with van der Waals surface area (Å²) < 4.78 is 2.67. The fourth-order valence-electron chi connectivity index (χ4n) is 1.84. The monoisotopic (exact) mass is 277 g/mol. The van der Waals surface area contributed by atoms with Crippen molar-refractivity contribution in [1.29, 1.82) is 0 Å². The first-order chi connectivity index (χ1) is 7.66. The molecular formula is C14H15NSe. The van der Waals surface area contributed by atoms with Gasteiger partial charge in [0.2, 0.25) is 0 Å². The zero-order valence-corrected chi connectivity index (χ0v) is 11.5. The summed E-state index contributed by atoms with van der Waals surface area (Å²) in [7, 11) is 0. The number of hydrogen-bond donors (Lipinski definition) is 0. The molecule has 0 saturated heterocycles. The van der Waals surface area contributed by atoms with Crippen molar-refractivity contribution in [2.24, 2.45) is 0 Å². The van der Waals surface area contributed by atoms with Gasteiger partial charge < -0.3 is 0 Å². The van der Waals surface area contributed by atoms with E-state index in [1.54, 1.807) is 0 Å². The van der Waals surface area contributed by atoms with Gasteiger partial charge in [0, 0.05) is 0 Å². The number of nitrogens with zero attached hydrogens (tertiary/aromatic N) is 1. The first-order valence-corrected chi connectivity index (χ1v) is 7.05. The van der Waals surface area contributed by atoms with Gasteiger partial charge in [0.25, 0.3) is 0 Å². The predicted octanol–water partition coefficient (Wildman–Crippen LogP) is 1.66. The molecule has 0 fully saturated rings. The van der Waals surface area contributed by atoms with E-state index in [-0.39, 0.29) is 0 Å². The Kier molecular flexibility index (Phi) is 3.42. The van der Waals surface area contributed by atoms with Gasteiger partial charge in [-0.3, -0.25) is 0 Å². The van der Waals surface area contributed by atoms with Crippen LogP contribution in [0.2, 0.25) is 0 Å². The van der Waals surface area contributed by atoms with Gasteiger partial charge in [-0.15, -0.1) is 0 Å². The zero-order chi connectivity index (χ0) is 11.5. The Bertz CT molecular complexity index is 468. The number of aryl methyl sites for hydroxylation is 3. The predicted molar refractivity (Wildman–Crippen MR) is 69.9 cm³/mol. The zero-order valence-electron chi connectivity index (χ0n) is 9.82. The topological polar surface area (TPSA) is 12.9 Å². The van der Waals surface area contributed by atoms with Crippen LogP contribution in [-0.2, 0) is 0 Å². The molecule has 16 heavy (non-hydrogen) atoms. The molecule has 0 atom stereocenters. The van der Waals surface area contributed by atoms with E-state index in [2.05, 4.69) is 50.0 Å². The normalized spacial score (nSPS) is 10.4. The van der Waals surface area contributed by atoms with Gasteiger partial charge in [-0.1, -0.05) is 0 Å². The fraction of sp³-hybridized carbons (Fsp3) is 0.214. The molecule has 0 unspecified atom stereocenters. The molecule has 0 bridgehead atoms. The van der Waals surface area contributed by atoms with Crippen LogP contribution in [0.15, 0.2) is 36.5 Å². The Morgan fingerprint density at radius 3 is 2.25 bits per heavy atom. The Morgan fingerprint density at radius 1 is 1.00 bits per heavy atom. The maximum atomic E-state index is 4.41. The van der Waals surface area contributed by atoms with Crippen LogP contribution >= 0.6 is 0 Å². The Morgan fingerprint density at radius 2 is 1.69 bits per heavy atom. The van der Waals surface area contributed by atoms with E-state index in [1.807, 2.05) is 12.3 Å². The van der Waals surface area contributed by atoms with E-state index < -0.39 is 0 Å². The molecule has 0 aliphatic carbocycles. The van der Waals surface area contributed by atoms with Crippen LogP contribution in [0.25, 0.3) is 0 Å². The van der Waals surface area contributed by atoms with Gasteiger partial charge in [-0.05, 0) is 0 Å². The van der Waals surface area contributed by atoms with Crippen molar-refractivity contribution < 1.29 is 0 Å². The Labute approximate surface area is 103 Å². The van der Waals surface area contributed by atoms with Gasteiger partial charge in [-0.25, -0.2) is 0 Å². The van der Waals surface area contributed by atoms with Crippen molar-refractivity contribution >= 4 is 24.0 Å². The second-order valence-electron chi connectivity index (χ2n) is 4.00. The van der Waals surface area contributed by atoms with Gasteiger partial charge >= 0.3 is 103 Å². The molecule has 2 rings (SSSR count). The van der Waals surface area contributed by atoms with Crippen LogP contribution in [0.1, 0.15) is 16.7 Å². The molecule has 1 aromatic carbocycles. The Balaban J connectivity index is 2.35. The molecule has 1 aromatic heterocycles. The summed E-state index contributed by atoms with van der Waals surface area (Å²) in [6.45, 7) is 6.54. The van der Waals surface area contributed by atoms with Gasteiger partial charge in [-0.2, -0.15) is 0 Å². The molecule has 0 spiro atoms. The summed E-state index contributed by atoms with van der Waals surface area (Å²) in [5.74, 6) is 0. The molecule has 0 aliphatic heterocycles. The SMILES string of the molecule is Cc1cc(C)c([Se]c2ccccn2)c(C)c1. The van der Waals surface area contributed by atoms with E-state index in [4.69, 9.17) is 0 Å². The molecule has 0 radical (unpaired) electrons. The summed E-state index contributed by atoms with van der Waals surface area (Å²) >= 11 is 0.323. The van der Waals surface area contributed by atoms with Crippen LogP contribution in [0.4, 0.5) is 0 Å². The Hall–Kier alpha value is -1.11. The van der Waals surface area contributed by atoms with E-state index in [1.165, 1.54) is 25.7 Å². The quantitative estimate of drug-likeness (QED) is 0.760. The molecule has 2 heteroatoms. The van der Waals surface area contributed by atoms with Crippen LogP contribution in [0.5, 0.6) is 0 Å². The van der Waals surface area contributed by atoms with E-state index in [0.717, 1.165) is 0 Å². The summed E-state index contributed by atoms with van der Waals surface area (Å²) in [6.07, 6.45) is 1.87. The van der Waals surface area contributed by atoms with Crippen molar-refractivity contribution in [2.75, 3.05) is 0 Å². The van der Waals surface area contributed by atoms with Crippen molar-refractivity contribution in [3.05, 3.63) is 53.2 Å². The molecule has 0 N–H and O–H groups in total. The van der Waals surface area contributed by atoms with Crippen LogP contribution in [0, 0.1) is 20.8 Å². The van der Waals surface area contributed by atoms with Crippen LogP contribution in [0.3, 0.4) is 0 Å². The molecule has 1 nitrogen and oxygen atoms in total. The molecule has 0 saturated carbocycles. The van der Waals surface area contributed by atoms with E-state index in [0.29, 0.717) is 15.0 Å². The second-order valence-corrected chi connectivity index (χ2v) is 6.16. The van der Waals surface area contributed by atoms with Crippen molar-refractivity contribution in [3.63, 3.8) is 0 Å². The summed E-state index contributed by atoms with van der Waals surface area (Å²) in [4.78, 5) is 4.41. The second kappa shape index (κ2) is 4.82. The molecule has 0 amide bonds. The fourth-order valence-corrected chi connectivity index (χ4v) is 3.75. The van der Waals surface area contributed by atoms with Gasteiger partial charge in [0.1, 0.15) is 0 Å². The third-order valence-corrected chi connectivity index (χ3v) is 5.17. The molecular weight excluding hydrogens is 261 g/mol. The van der Waals surface area contributed by atoms with E-state index in [9.17, 15) is 0 Å². The van der Waals surface area contributed by atoms with Crippen molar-refractivity contribution in [2.45, 2.75) is 20.8 Å². The molecule has 2 aromatic rings. The first kappa shape index (κ1) is 11.4. The van der Waals surface area contributed by atoms with Gasteiger partial charge in [0.05, 0.1) is 0 Å². The molecule has 1 heterocycles. The summed E-state index contributed by atoms with van der Waals surface area (Å²) in [6, 6.07) is 10.6. The third-order valence-electron chi connectivity index (χ3n) is 2.45. The minimum atomic E-state index is 0.323. The number of hydrogen-bond acceptors (Lipinski definition) is 1. The summed E-state index contributed by atoms with van der Waals surface area (Å²) in [5.41, 5.74) is 4.13. The average Bonchev–Trinajstić information content (AvgIpc) is 2.25. The summed E-state index contributed by atoms with van der Waals surface area (Å²) in [5, 5.41) is 0. The van der Waals surface area contributed by atoms with Crippen LogP contribution < -0.4 is 9.05 Å². The first-order valence-electron chi connectivity index (χ1n) is 5.33. The number of pyridine rings is 1. The van der Waals surface area contributed by atoms with Crippen molar-refractivity contribution in [1.82, 2.24) is 4.98 Å². The molecule has 82 valence electrons. The average molecular weight is 276 g/mol. The number of rotatable bonds is 2. The number of aromatic nitrogens is 1. The molecule has 0 aliphatic rings. The van der Waals surface area contributed by atoms with Crippen molar-refractivity contribution in [3.8, 4) is 0 Å². The minimum absolute atomic E-state index is 0.323. The third kappa shape index (κ3) is 2.52. The van der Waals surface area contributed by atoms with Gasteiger partial charge in [0.15, 0.2) is 0 Å². The standard InChI is InChI=1S/C14H15NSe/c1-10-8-11(2)14(12(3)9-10)16-13-6-4-5-7-15-13/h4-9H,1-3H3. The number of benzene rings is 1. The van der Waals surface area contributed by atoms with Crippen LogP contribution in [-0.4, -0.2) is 19.9 Å². The maximum absolute atomic E-state index is 4.41. The van der Waals surface area contributed by atoms with E-state index >= 15 is 0 Å².